The van der Waals surface area contributed by atoms with Crippen molar-refractivity contribution in [1.82, 2.24) is 15.6 Å². The molecule has 1 fully saturated rings. The molecule has 0 aliphatic carbocycles. The number of unbranched alkanes of at least 4 members (excludes halogenated alkanes) is 15. The van der Waals surface area contributed by atoms with Crippen molar-refractivity contribution in [2.24, 2.45) is 0 Å². The van der Waals surface area contributed by atoms with E-state index >= 15 is 0 Å². The van der Waals surface area contributed by atoms with Crippen molar-refractivity contribution < 1.29 is 17.4 Å². The van der Waals surface area contributed by atoms with Crippen LogP contribution in [0.1, 0.15) is 119 Å². The number of rotatable bonds is 23. The Bertz CT molecular complexity index is 1150. The van der Waals surface area contributed by atoms with Crippen molar-refractivity contribution in [2.45, 2.75) is 115 Å². The van der Waals surface area contributed by atoms with Crippen LogP contribution in [0.5, 0.6) is 0 Å². The van der Waals surface area contributed by atoms with Crippen LogP contribution in [0.25, 0.3) is 0 Å². The minimum atomic E-state index is -3.63. The Kier molecular flexibility index (Phi) is 17.4. The predicted octanol–water partition coefficient (Wildman–Crippen LogP) is 7.18. The highest BCUT2D eigenvalue weighted by Crippen LogP contribution is 2.16. The van der Waals surface area contributed by atoms with Gasteiger partial charge < -0.3 is 15.5 Å². The highest BCUT2D eigenvalue weighted by Gasteiger charge is 2.14. The van der Waals surface area contributed by atoms with Gasteiger partial charge in [-0.1, -0.05) is 108 Å². The van der Waals surface area contributed by atoms with E-state index in [0.717, 1.165) is 69.8 Å². The topological polar surface area (TPSA) is 101 Å². The molecular formula is C35H56N4O4S. The third kappa shape index (κ3) is 14.5. The second-order valence-electron chi connectivity index (χ2n) is 12.1. The van der Waals surface area contributed by atoms with Crippen molar-refractivity contribution >= 4 is 21.8 Å². The van der Waals surface area contributed by atoms with E-state index in [0.29, 0.717) is 5.56 Å². The molecule has 3 rings (SSSR count). The number of aryl methyl sites for hydroxylation is 1. The van der Waals surface area contributed by atoms with Crippen LogP contribution in [0.3, 0.4) is 0 Å². The van der Waals surface area contributed by atoms with E-state index in [1.165, 1.54) is 77.0 Å². The molecule has 0 bridgehead atoms. The van der Waals surface area contributed by atoms with Gasteiger partial charge in [-0.05, 0) is 44.0 Å². The first-order valence-corrected chi connectivity index (χ1v) is 18.5. The van der Waals surface area contributed by atoms with Crippen LogP contribution < -0.4 is 15.5 Å². The van der Waals surface area contributed by atoms with E-state index in [-0.39, 0.29) is 17.4 Å². The molecule has 1 aliphatic heterocycles. The fourth-order valence-corrected chi connectivity index (χ4v) is 6.49. The summed E-state index contributed by atoms with van der Waals surface area (Å²) in [6.07, 6.45) is 21.1. The Labute approximate surface area is 266 Å². The zero-order valence-corrected chi connectivity index (χ0v) is 27.8. The minimum absolute atomic E-state index is 0.0285. The molecule has 8 nitrogen and oxygen atoms in total. The zero-order chi connectivity index (χ0) is 31.3. The molecule has 0 atom stereocenters. The molecule has 246 valence electrons. The lowest BCUT2D eigenvalue weighted by molar-refractivity contribution is 0.0952. The number of carbonyl (C=O) groups excluding carboxylic acids is 1. The van der Waals surface area contributed by atoms with Gasteiger partial charge in [0.15, 0.2) is 0 Å². The fraction of sp³-hybridized carbons (Fsp3) is 0.657. The summed E-state index contributed by atoms with van der Waals surface area (Å²) in [6.45, 7) is 6.78. The van der Waals surface area contributed by atoms with E-state index in [4.69, 9.17) is 4.18 Å². The van der Waals surface area contributed by atoms with Crippen LogP contribution in [-0.4, -0.2) is 58.6 Å². The van der Waals surface area contributed by atoms with Crippen LogP contribution in [0, 0.1) is 6.92 Å². The van der Waals surface area contributed by atoms with Crippen molar-refractivity contribution in [1.29, 1.82) is 0 Å². The molecule has 1 aliphatic rings. The average molecular weight is 629 g/mol. The molecule has 1 amide bonds. The van der Waals surface area contributed by atoms with Gasteiger partial charge >= 0.3 is 0 Å². The van der Waals surface area contributed by atoms with Crippen LogP contribution >= 0.6 is 0 Å². The number of anilines is 1. The zero-order valence-electron chi connectivity index (χ0n) is 27.0. The second-order valence-corrected chi connectivity index (χ2v) is 13.8. The molecule has 1 aromatic heterocycles. The first-order valence-electron chi connectivity index (χ1n) is 17.1. The quantitative estimate of drug-likeness (QED) is 0.0994. The maximum absolute atomic E-state index is 12.4. The summed E-state index contributed by atoms with van der Waals surface area (Å²) in [5.41, 5.74) is 1.67. The Morgan fingerprint density at radius 3 is 1.82 bits per heavy atom. The summed E-state index contributed by atoms with van der Waals surface area (Å²) < 4.78 is 29.5. The number of piperazine rings is 1. The molecule has 0 unspecified atom stereocenters. The minimum Gasteiger partial charge on any atom is -0.354 e. The van der Waals surface area contributed by atoms with Gasteiger partial charge in [0.2, 0.25) is 0 Å². The van der Waals surface area contributed by atoms with Crippen LogP contribution in [0.15, 0.2) is 47.5 Å². The highest BCUT2D eigenvalue weighted by molar-refractivity contribution is 7.86. The summed E-state index contributed by atoms with van der Waals surface area (Å²) in [7, 11) is -3.63. The average Bonchev–Trinajstić information content (AvgIpc) is 3.04. The van der Waals surface area contributed by atoms with Crippen molar-refractivity contribution in [3.63, 3.8) is 0 Å². The fourth-order valence-electron chi connectivity index (χ4n) is 5.55. The molecule has 2 heterocycles. The van der Waals surface area contributed by atoms with Gasteiger partial charge in [-0.25, -0.2) is 4.98 Å². The first kappa shape index (κ1) is 36.0. The molecule has 1 aromatic carbocycles. The molecule has 0 radical (unpaired) electrons. The monoisotopic (exact) mass is 628 g/mol. The summed E-state index contributed by atoms with van der Waals surface area (Å²) in [5.74, 6) is 0.918. The number of nitrogens with one attached hydrogen (secondary N) is 2. The number of benzene rings is 1. The Morgan fingerprint density at radius 1 is 0.773 bits per heavy atom. The summed E-state index contributed by atoms with van der Waals surface area (Å²) in [4.78, 5) is 19.4. The van der Waals surface area contributed by atoms with Crippen LogP contribution in [0.2, 0.25) is 0 Å². The molecule has 0 spiro atoms. The van der Waals surface area contributed by atoms with Gasteiger partial charge in [-0.2, -0.15) is 8.42 Å². The maximum atomic E-state index is 12.4. The molecule has 44 heavy (non-hydrogen) atoms. The number of hydrogen-bond donors (Lipinski definition) is 2. The maximum Gasteiger partial charge on any atom is 0.296 e. The Hall–Kier alpha value is -2.49. The van der Waals surface area contributed by atoms with Gasteiger partial charge in [-0.15, -0.1) is 0 Å². The van der Waals surface area contributed by atoms with E-state index in [1.807, 2.05) is 19.1 Å². The third-order valence-electron chi connectivity index (χ3n) is 8.36. The van der Waals surface area contributed by atoms with Crippen molar-refractivity contribution in [3.8, 4) is 0 Å². The number of nitrogens with zero attached hydrogens (tertiary/aromatic N) is 2. The van der Waals surface area contributed by atoms with Crippen LogP contribution in [0.4, 0.5) is 5.82 Å². The van der Waals surface area contributed by atoms with E-state index in [9.17, 15) is 13.2 Å². The number of pyridine rings is 1. The Morgan fingerprint density at radius 2 is 1.30 bits per heavy atom. The van der Waals surface area contributed by atoms with Crippen molar-refractivity contribution in [3.05, 3.63) is 53.7 Å². The van der Waals surface area contributed by atoms with Gasteiger partial charge in [0.05, 0.1) is 17.1 Å². The van der Waals surface area contributed by atoms with Gasteiger partial charge in [0.25, 0.3) is 16.0 Å². The number of hydrogen-bond acceptors (Lipinski definition) is 7. The van der Waals surface area contributed by atoms with Crippen molar-refractivity contribution in [2.75, 3.05) is 44.2 Å². The number of amides is 1. The SMILES string of the molecule is Cc1ccc(S(=O)(=O)OCCCCCCCCCCCCCCCCCCNC(=O)c2ccc(N3CCNCC3)nc2)cc1. The van der Waals surface area contributed by atoms with E-state index in [2.05, 4.69) is 20.5 Å². The largest absolute Gasteiger partial charge is 0.354 e. The Balaban J connectivity index is 1.03. The summed E-state index contributed by atoms with van der Waals surface area (Å²) in [6, 6.07) is 10.6. The number of carbonyl (C=O) groups is 1. The summed E-state index contributed by atoms with van der Waals surface area (Å²) >= 11 is 0. The van der Waals surface area contributed by atoms with Gasteiger partial charge in [0, 0.05) is 38.9 Å². The number of aromatic nitrogens is 1. The molecule has 2 aromatic rings. The smallest absolute Gasteiger partial charge is 0.296 e. The lowest BCUT2D eigenvalue weighted by Gasteiger charge is -2.28. The third-order valence-corrected chi connectivity index (χ3v) is 9.68. The molecule has 1 saturated heterocycles. The van der Waals surface area contributed by atoms with Gasteiger partial charge in [0.1, 0.15) is 5.82 Å². The molecule has 0 saturated carbocycles. The predicted molar refractivity (Wildman–Crippen MR) is 180 cm³/mol. The molecular weight excluding hydrogens is 572 g/mol. The second kappa shape index (κ2) is 21.3. The molecule has 2 N–H and O–H groups in total. The summed E-state index contributed by atoms with van der Waals surface area (Å²) in [5, 5.41) is 6.38. The lowest BCUT2D eigenvalue weighted by atomic mass is 10.0. The van der Waals surface area contributed by atoms with E-state index in [1.54, 1.807) is 30.5 Å². The lowest BCUT2D eigenvalue weighted by Crippen LogP contribution is -2.43. The first-order chi connectivity index (χ1) is 21.5. The molecule has 9 heteroatoms. The van der Waals surface area contributed by atoms with Gasteiger partial charge in [-0.3, -0.25) is 8.98 Å². The normalized spacial score (nSPS) is 13.7. The standard InChI is InChI=1S/C35H56N4O4S/c1-31-18-21-33(22-19-31)44(41,42)43-29-17-15-13-11-9-7-5-3-2-4-6-8-10-12-14-16-24-37-35(40)32-20-23-34(38-30-32)39-27-25-36-26-28-39/h18-23,30,36H,2-17,24-29H2,1H3,(H,37,40). The van der Waals surface area contributed by atoms with E-state index < -0.39 is 10.1 Å². The van der Waals surface area contributed by atoms with Crippen LogP contribution in [-0.2, 0) is 14.3 Å². The highest BCUT2D eigenvalue weighted by atomic mass is 32.2.